The average Bonchev–Trinajstić information content (AvgIpc) is 2.91. The van der Waals surface area contributed by atoms with E-state index in [2.05, 4.69) is 44.8 Å². The van der Waals surface area contributed by atoms with E-state index in [9.17, 15) is 0 Å². The van der Waals surface area contributed by atoms with E-state index in [4.69, 9.17) is 0 Å². The lowest BCUT2D eigenvalue weighted by atomic mass is 10.1. The number of para-hydroxylation sites is 1. The minimum atomic E-state index is 0.812. The Hall–Kier alpha value is -2.20. The minimum Gasteiger partial charge on any atom is -0.308 e. The van der Waals surface area contributed by atoms with Crippen molar-refractivity contribution in [3.63, 3.8) is 0 Å². The van der Waals surface area contributed by atoms with E-state index in [-0.39, 0.29) is 0 Å². The van der Waals surface area contributed by atoms with Crippen LogP contribution in [0.4, 0.5) is 0 Å². The first-order valence-corrected chi connectivity index (χ1v) is 6.36. The van der Waals surface area contributed by atoms with Crippen LogP contribution in [0.2, 0.25) is 0 Å². The summed E-state index contributed by atoms with van der Waals surface area (Å²) in [4.78, 5) is 4.55. The van der Waals surface area contributed by atoms with Crippen LogP contribution in [0.3, 0.4) is 0 Å². The Morgan fingerprint density at radius 3 is 2.95 bits per heavy atom. The Labute approximate surface area is 111 Å². The number of benzene rings is 1. The van der Waals surface area contributed by atoms with Gasteiger partial charge >= 0.3 is 0 Å². The van der Waals surface area contributed by atoms with Crippen LogP contribution in [0.15, 0.2) is 42.7 Å². The van der Waals surface area contributed by atoms with E-state index in [0.717, 1.165) is 29.9 Å². The molecule has 0 saturated carbocycles. The monoisotopic (exact) mass is 252 g/mol. The molecule has 1 aromatic carbocycles. The lowest BCUT2D eigenvalue weighted by Crippen LogP contribution is -2.12. The van der Waals surface area contributed by atoms with Crippen molar-refractivity contribution >= 4 is 10.9 Å². The summed E-state index contributed by atoms with van der Waals surface area (Å²) < 4.78 is 0. The highest BCUT2D eigenvalue weighted by atomic mass is 15.1. The van der Waals surface area contributed by atoms with Crippen LogP contribution in [0, 0.1) is 6.92 Å². The molecule has 0 radical (unpaired) electrons. The molecule has 96 valence electrons. The molecule has 0 spiro atoms. The van der Waals surface area contributed by atoms with E-state index >= 15 is 0 Å². The molecule has 0 saturated heterocycles. The lowest BCUT2D eigenvalue weighted by molar-refractivity contribution is 0.696. The standard InChI is InChI=1S/C15H16N4/c1-11-6-13(10-16-7-12-8-17-18-9-12)14-4-2-3-5-15(14)19-11/h2-6,8-9,16H,7,10H2,1H3,(H,17,18). The van der Waals surface area contributed by atoms with Crippen LogP contribution in [0.1, 0.15) is 16.8 Å². The summed E-state index contributed by atoms with van der Waals surface area (Å²) in [7, 11) is 0. The molecule has 3 rings (SSSR count). The van der Waals surface area contributed by atoms with E-state index in [0.29, 0.717) is 0 Å². The van der Waals surface area contributed by atoms with Crippen molar-refractivity contribution in [2.75, 3.05) is 0 Å². The normalized spacial score (nSPS) is 11.0. The number of hydrogen-bond donors (Lipinski definition) is 2. The van der Waals surface area contributed by atoms with Crippen molar-refractivity contribution in [2.45, 2.75) is 20.0 Å². The molecular weight excluding hydrogens is 236 g/mol. The third-order valence-electron chi connectivity index (χ3n) is 3.13. The molecule has 19 heavy (non-hydrogen) atoms. The summed E-state index contributed by atoms with van der Waals surface area (Å²) in [5, 5.41) is 11.4. The predicted octanol–water partition coefficient (Wildman–Crippen LogP) is 2.56. The number of aromatic nitrogens is 3. The van der Waals surface area contributed by atoms with Gasteiger partial charge in [-0.3, -0.25) is 10.1 Å². The van der Waals surface area contributed by atoms with Crippen LogP contribution < -0.4 is 5.32 Å². The second-order valence-electron chi connectivity index (χ2n) is 4.65. The van der Waals surface area contributed by atoms with Crippen molar-refractivity contribution in [3.05, 3.63) is 59.5 Å². The summed E-state index contributed by atoms with van der Waals surface area (Å²) in [6, 6.07) is 10.4. The maximum absolute atomic E-state index is 4.55. The summed E-state index contributed by atoms with van der Waals surface area (Å²) in [6.45, 7) is 3.67. The molecule has 0 bridgehead atoms. The first-order chi connectivity index (χ1) is 9.33. The third kappa shape index (κ3) is 2.63. The van der Waals surface area contributed by atoms with Crippen LogP contribution in [-0.2, 0) is 13.1 Å². The van der Waals surface area contributed by atoms with Gasteiger partial charge < -0.3 is 5.32 Å². The summed E-state index contributed by atoms with van der Waals surface area (Å²) >= 11 is 0. The van der Waals surface area contributed by atoms with Crippen molar-refractivity contribution in [1.29, 1.82) is 0 Å². The summed E-state index contributed by atoms with van der Waals surface area (Å²) in [6.07, 6.45) is 3.74. The van der Waals surface area contributed by atoms with Gasteiger partial charge in [-0.1, -0.05) is 18.2 Å². The van der Waals surface area contributed by atoms with Gasteiger partial charge in [0.2, 0.25) is 0 Å². The topological polar surface area (TPSA) is 53.6 Å². The molecule has 0 aliphatic heterocycles. The molecule has 2 N–H and O–H groups in total. The number of nitrogens with zero attached hydrogens (tertiary/aromatic N) is 2. The molecule has 0 unspecified atom stereocenters. The molecule has 4 heteroatoms. The van der Waals surface area contributed by atoms with Gasteiger partial charge in [-0.15, -0.1) is 0 Å². The lowest BCUT2D eigenvalue weighted by Gasteiger charge is -2.08. The number of rotatable bonds is 4. The molecule has 0 aliphatic carbocycles. The second kappa shape index (κ2) is 5.20. The van der Waals surface area contributed by atoms with Crippen molar-refractivity contribution in [1.82, 2.24) is 20.5 Å². The number of hydrogen-bond acceptors (Lipinski definition) is 3. The Morgan fingerprint density at radius 1 is 1.21 bits per heavy atom. The Kier molecular flexibility index (Phi) is 3.25. The number of pyridine rings is 1. The largest absolute Gasteiger partial charge is 0.308 e. The van der Waals surface area contributed by atoms with Gasteiger partial charge in [-0.05, 0) is 24.6 Å². The second-order valence-corrected chi connectivity index (χ2v) is 4.65. The molecule has 0 fully saturated rings. The maximum Gasteiger partial charge on any atom is 0.0708 e. The first kappa shape index (κ1) is 11.9. The number of fused-ring (bicyclic) bond motifs is 1. The number of H-pyrrole nitrogens is 1. The zero-order valence-corrected chi connectivity index (χ0v) is 10.9. The zero-order valence-electron chi connectivity index (χ0n) is 10.9. The first-order valence-electron chi connectivity index (χ1n) is 6.36. The minimum absolute atomic E-state index is 0.812. The highest BCUT2D eigenvalue weighted by Gasteiger charge is 2.03. The fourth-order valence-corrected chi connectivity index (χ4v) is 2.26. The molecule has 0 atom stereocenters. The smallest absolute Gasteiger partial charge is 0.0708 e. The Bertz CT molecular complexity index is 674. The van der Waals surface area contributed by atoms with Crippen molar-refractivity contribution < 1.29 is 0 Å². The zero-order chi connectivity index (χ0) is 13.1. The third-order valence-corrected chi connectivity index (χ3v) is 3.13. The molecule has 4 nitrogen and oxygen atoms in total. The van der Waals surface area contributed by atoms with Gasteiger partial charge in [-0.25, -0.2) is 0 Å². The van der Waals surface area contributed by atoms with Gasteiger partial charge in [-0.2, -0.15) is 5.10 Å². The van der Waals surface area contributed by atoms with Crippen molar-refractivity contribution in [2.24, 2.45) is 0 Å². The number of nitrogens with one attached hydrogen (secondary N) is 2. The van der Waals surface area contributed by atoms with Gasteiger partial charge in [0.1, 0.15) is 0 Å². The van der Waals surface area contributed by atoms with Crippen molar-refractivity contribution in [3.8, 4) is 0 Å². The molecule has 2 aromatic heterocycles. The van der Waals surface area contributed by atoms with E-state index < -0.39 is 0 Å². The average molecular weight is 252 g/mol. The number of aromatic amines is 1. The molecule has 2 heterocycles. The molecule has 3 aromatic rings. The van der Waals surface area contributed by atoms with Crippen LogP contribution in [0.25, 0.3) is 10.9 Å². The molecule has 0 aliphatic rings. The molecule has 0 amide bonds. The Morgan fingerprint density at radius 2 is 2.11 bits per heavy atom. The van der Waals surface area contributed by atoms with Crippen LogP contribution in [0.5, 0.6) is 0 Å². The van der Waals surface area contributed by atoms with Gasteiger partial charge in [0, 0.05) is 35.9 Å². The van der Waals surface area contributed by atoms with Crippen LogP contribution in [-0.4, -0.2) is 15.2 Å². The fourth-order valence-electron chi connectivity index (χ4n) is 2.26. The number of aryl methyl sites for hydroxylation is 1. The highest BCUT2D eigenvalue weighted by molar-refractivity contribution is 5.82. The quantitative estimate of drug-likeness (QED) is 0.750. The van der Waals surface area contributed by atoms with Crippen LogP contribution >= 0.6 is 0 Å². The predicted molar refractivity (Wildman–Crippen MR) is 75.6 cm³/mol. The van der Waals surface area contributed by atoms with Gasteiger partial charge in [0.05, 0.1) is 11.7 Å². The highest BCUT2D eigenvalue weighted by Crippen LogP contribution is 2.18. The summed E-state index contributed by atoms with van der Waals surface area (Å²) in [5.74, 6) is 0. The SMILES string of the molecule is Cc1cc(CNCc2cn[nH]c2)c2ccccc2n1. The maximum atomic E-state index is 4.55. The van der Waals surface area contributed by atoms with E-state index in [1.807, 2.05) is 25.4 Å². The summed E-state index contributed by atoms with van der Waals surface area (Å²) in [5.41, 5.74) is 4.56. The van der Waals surface area contributed by atoms with E-state index in [1.54, 1.807) is 0 Å². The van der Waals surface area contributed by atoms with Gasteiger partial charge in [0.25, 0.3) is 0 Å². The van der Waals surface area contributed by atoms with E-state index in [1.165, 1.54) is 10.9 Å². The fraction of sp³-hybridized carbons (Fsp3) is 0.200. The van der Waals surface area contributed by atoms with Gasteiger partial charge in [0.15, 0.2) is 0 Å². The Balaban J connectivity index is 1.80. The molecular formula is C15H16N4.